The third-order valence-electron chi connectivity index (χ3n) is 3.97. The third-order valence-corrected chi connectivity index (χ3v) is 4.16. The number of ether oxygens (including phenoxy) is 2. The molecule has 148 valence electrons. The molecule has 0 aliphatic carbocycles. The van der Waals surface area contributed by atoms with Crippen LogP contribution in [-0.2, 0) is 11.3 Å². The maximum atomic E-state index is 12.9. The number of allylic oxidation sites excluding steroid dienone is 2. The van der Waals surface area contributed by atoms with Gasteiger partial charge in [-0.2, -0.15) is 0 Å². The molecule has 4 unspecified atom stereocenters. The number of rotatable bonds is 9. The second-order valence-corrected chi connectivity index (χ2v) is 6.95. The van der Waals surface area contributed by atoms with E-state index in [1.807, 2.05) is 42.2 Å². The summed E-state index contributed by atoms with van der Waals surface area (Å²) < 4.78 is 23.5. The minimum atomic E-state index is -1.12. The molecule has 1 aromatic heterocycles. The molecule has 6 nitrogen and oxygen atoms in total. The summed E-state index contributed by atoms with van der Waals surface area (Å²) in [6.45, 7) is 6.51. The number of dihydropyridines is 1. The first kappa shape index (κ1) is 21.5. The average molecular weight is 395 g/mol. The minimum Gasteiger partial charge on any atom is -0.474 e. The summed E-state index contributed by atoms with van der Waals surface area (Å²) in [7, 11) is 2.04. The van der Waals surface area contributed by atoms with Gasteiger partial charge in [-0.1, -0.05) is 22.2 Å². The van der Waals surface area contributed by atoms with Crippen LogP contribution in [0.1, 0.15) is 25.0 Å². The molecule has 1 aliphatic heterocycles. The van der Waals surface area contributed by atoms with Gasteiger partial charge in [0.05, 0.1) is 12.2 Å². The lowest BCUT2D eigenvalue weighted by Gasteiger charge is -2.23. The fourth-order valence-electron chi connectivity index (χ4n) is 2.62. The van der Waals surface area contributed by atoms with Gasteiger partial charge in [-0.25, -0.2) is 9.37 Å². The fraction of sp³-hybridized carbons (Fsp3) is 0.474. The normalized spacial score (nSPS) is 19.3. The zero-order valence-electron chi connectivity index (χ0n) is 15.9. The van der Waals surface area contributed by atoms with Crippen molar-refractivity contribution in [1.82, 2.24) is 10.3 Å². The monoisotopic (exact) mass is 395 g/mol. The van der Waals surface area contributed by atoms with Crippen molar-refractivity contribution in [2.24, 2.45) is 10.9 Å². The Morgan fingerprint density at radius 1 is 1.52 bits per heavy atom. The molecule has 1 aromatic rings. The van der Waals surface area contributed by atoms with Crippen molar-refractivity contribution in [3.63, 3.8) is 0 Å². The first-order valence-corrected chi connectivity index (χ1v) is 9.53. The lowest BCUT2D eigenvalue weighted by Crippen LogP contribution is -2.29. The Morgan fingerprint density at radius 3 is 2.96 bits per heavy atom. The lowest BCUT2D eigenvalue weighted by atomic mass is 9.97. The van der Waals surface area contributed by atoms with Crippen molar-refractivity contribution in [1.29, 1.82) is 0 Å². The molecule has 0 saturated carbocycles. The standard InChI is InChI=1S/C19H27FN3O3P/c1-4-25-19(24)17-15(12(2)5-6-22-17)10-21-8-14-7-13(3)18(23-9-14)26-11-16(20)27/h5-7,9-10,12,16,19,22,24H,4,8,11,27H2,1-3H3. The highest BCUT2D eigenvalue weighted by Gasteiger charge is 2.20. The van der Waals surface area contributed by atoms with Crippen LogP contribution in [0.3, 0.4) is 0 Å². The summed E-state index contributed by atoms with van der Waals surface area (Å²) in [4.78, 5) is 8.72. The van der Waals surface area contributed by atoms with E-state index < -0.39 is 12.2 Å². The summed E-state index contributed by atoms with van der Waals surface area (Å²) in [5, 5.41) is 13.2. The average Bonchev–Trinajstić information content (AvgIpc) is 2.62. The van der Waals surface area contributed by atoms with Crippen LogP contribution in [0.15, 0.2) is 40.8 Å². The summed E-state index contributed by atoms with van der Waals surface area (Å²) in [6, 6.07) is 1.92. The molecule has 2 heterocycles. The summed E-state index contributed by atoms with van der Waals surface area (Å²) in [5.41, 5.74) is 3.22. The number of aliphatic hydroxyl groups excluding tert-OH is 1. The Kier molecular flexibility index (Phi) is 8.35. The van der Waals surface area contributed by atoms with Gasteiger partial charge in [0.15, 0.2) is 6.29 Å². The Balaban J connectivity index is 2.07. The molecule has 2 rings (SSSR count). The van der Waals surface area contributed by atoms with E-state index in [1.54, 1.807) is 18.6 Å². The van der Waals surface area contributed by atoms with Crippen LogP contribution < -0.4 is 10.1 Å². The molecule has 0 amide bonds. The van der Waals surface area contributed by atoms with Gasteiger partial charge in [-0.05, 0) is 31.7 Å². The second kappa shape index (κ2) is 10.5. The molecular formula is C19H27FN3O3P. The minimum absolute atomic E-state index is 0.0481. The van der Waals surface area contributed by atoms with Gasteiger partial charge >= 0.3 is 0 Å². The van der Waals surface area contributed by atoms with Crippen molar-refractivity contribution < 1.29 is 19.0 Å². The predicted octanol–water partition coefficient (Wildman–Crippen LogP) is 2.87. The topological polar surface area (TPSA) is 76.0 Å². The van der Waals surface area contributed by atoms with Crippen molar-refractivity contribution in [3.05, 3.63) is 46.9 Å². The van der Waals surface area contributed by atoms with Gasteiger partial charge in [0, 0.05) is 36.1 Å². The Morgan fingerprint density at radius 2 is 2.30 bits per heavy atom. The molecule has 1 aliphatic rings. The number of aliphatic hydroxyl groups is 1. The SMILES string of the molecule is CCOC(O)C1=C(C=NCc2cnc(OCC(F)P)c(C)c2)C(C)C=CN1. The molecule has 0 bridgehead atoms. The molecular weight excluding hydrogens is 368 g/mol. The molecule has 4 atom stereocenters. The predicted molar refractivity (Wildman–Crippen MR) is 107 cm³/mol. The van der Waals surface area contributed by atoms with E-state index in [2.05, 4.69) is 15.3 Å². The number of pyridine rings is 1. The maximum absolute atomic E-state index is 12.9. The van der Waals surface area contributed by atoms with Crippen molar-refractivity contribution in [2.45, 2.75) is 39.5 Å². The highest BCUT2D eigenvalue weighted by atomic mass is 31.0. The van der Waals surface area contributed by atoms with Gasteiger partial charge < -0.3 is 19.9 Å². The van der Waals surface area contributed by atoms with Gasteiger partial charge in [0.1, 0.15) is 12.5 Å². The number of aromatic nitrogens is 1. The lowest BCUT2D eigenvalue weighted by molar-refractivity contribution is -0.0708. The zero-order valence-corrected chi connectivity index (χ0v) is 17.0. The highest BCUT2D eigenvalue weighted by Crippen LogP contribution is 2.21. The number of nitrogens with one attached hydrogen (secondary N) is 1. The van der Waals surface area contributed by atoms with Crippen LogP contribution in [-0.4, -0.2) is 41.7 Å². The van der Waals surface area contributed by atoms with E-state index in [4.69, 9.17) is 9.47 Å². The quantitative estimate of drug-likeness (QED) is 0.382. The molecule has 0 spiro atoms. The van der Waals surface area contributed by atoms with E-state index in [0.29, 0.717) is 24.7 Å². The van der Waals surface area contributed by atoms with Gasteiger partial charge in [-0.3, -0.25) is 4.99 Å². The first-order chi connectivity index (χ1) is 12.9. The molecule has 2 N–H and O–H groups in total. The van der Waals surface area contributed by atoms with Crippen LogP contribution in [0, 0.1) is 12.8 Å². The number of hydrogen-bond acceptors (Lipinski definition) is 6. The number of alkyl halides is 1. The van der Waals surface area contributed by atoms with Gasteiger partial charge in [0.25, 0.3) is 0 Å². The van der Waals surface area contributed by atoms with Gasteiger partial charge in [-0.15, -0.1) is 0 Å². The van der Waals surface area contributed by atoms with Crippen LogP contribution in [0.4, 0.5) is 4.39 Å². The highest BCUT2D eigenvalue weighted by molar-refractivity contribution is 7.17. The summed E-state index contributed by atoms with van der Waals surface area (Å²) in [6.07, 6.45) is 6.19. The largest absolute Gasteiger partial charge is 0.474 e. The Labute approximate surface area is 161 Å². The first-order valence-electron chi connectivity index (χ1n) is 8.87. The molecule has 0 saturated heterocycles. The molecule has 8 heteroatoms. The zero-order chi connectivity index (χ0) is 19.8. The van der Waals surface area contributed by atoms with Crippen molar-refractivity contribution >= 4 is 15.5 Å². The number of hydrogen-bond donors (Lipinski definition) is 2. The number of aryl methyl sites for hydroxylation is 1. The second-order valence-electron chi connectivity index (χ2n) is 6.23. The van der Waals surface area contributed by atoms with Crippen molar-refractivity contribution in [3.8, 4) is 5.88 Å². The van der Waals surface area contributed by atoms with Crippen molar-refractivity contribution in [2.75, 3.05) is 13.2 Å². The number of aliphatic imine (C=N–C) groups is 1. The fourth-order valence-corrected chi connectivity index (χ4v) is 2.72. The molecule has 0 aromatic carbocycles. The third kappa shape index (κ3) is 6.38. The molecule has 0 radical (unpaired) electrons. The van der Waals surface area contributed by atoms with Crippen LogP contribution >= 0.6 is 9.24 Å². The molecule has 27 heavy (non-hydrogen) atoms. The van der Waals surface area contributed by atoms with E-state index in [9.17, 15) is 9.50 Å². The van der Waals surface area contributed by atoms with E-state index in [1.165, 1.54) is 0 Å². The van der Waals surface area contributed by atoms with Crippen LogP contribution in [0.5, 0.6) is 5.88 Å². The summed E-state index contributed by atoms with van der Waals surface area (Å²) >= 11 is 0. The maximum Gasteiger partial charge on any atom is 0.216 e. The smallest absolute Gasteiger partial charge is 0.216 e. The van der Waals surface area contributed by atoms with E-state index >= 15 is 0 Å². The number of halogens is 1. The van der Waals surface area contributed by atoms with Gasteiger partial charge in [0.2, 0.25) is 5.88 Å². The Hall–Kier alpha value is -1.82. The van der Waals surface area contributed by atoms with Crippen LogP contribution in [0.2, 0.25) is 0 Å². The van der Waals surface area contributed by atoms with E-state index in [-0.39, 0.29) is 12.5 Å². The van der Waals surface area contributed by atoms with E-state index in [0.717, 1.165) is 16.7 Å². The Bertz CT molecular complexity index is 722. The van der Waals surface area contributed by atoms with Crippen LogP contribution in [0.25, 0.3) is 0 Å². The molecule has 0 fully saturated rings. The number of nitrogens with zero attached hydrogens (tertiary/aromatic N) is 2. The summed E-state index contributed by atoms with van der Waals surface area (Å²) in [5.74, 6) is -0.589.